The van der Waals surface area contributed by atoms with Gasteiger partial charge in [0.1, 0.15) is 5.82 Å². The van der Waals surface area contributed by atoms with Gasteiger partial charge in [-0.3, -0.25) is 4.79 Å². The van der Waals surface area contributed by atoms with E-state index < -0.39 is 0 Å². The number of hydrogen-bond donors (Lipinski definition) is 0. The molecule has 1 aliphatic carbocycles. The van der Waals surface area contributed by atoms with Gasteiger partial charge >= 0.3 is 0 Å². The number of aryl methyl sites for hydroxylation is 1. The zero-order valence-electron chi connectivity index (χ0n) is 21.2. The summed E-state index contributed by atoms with van der Waals surface area (Å²) in [6.45, 7) is 3.67. The van der Waals surface area contributed by atoms with E-state index in [9.17, 15) is 9.18 Å². The summed E-state index contributed by atoms with van der Waals surface area (Å²) in [4.78, 5) is 15.5. The number of rotatable bonds is 5. The molecule has 38 heavy (non-hydrogen) atoms. The largest absolute Gasteiger partial charge is 0.337 e. The topological polar surface area (TPSA) is 38.1 Å². The van der Waals surface area contributed by atoms with Crippen LogP contribution in [0.25, 0.3) is 16.6 Å². The molecule has 188 valence electrons. The highest BCUT2D eigenvalue weighted by Gasteiger charge is 2.70. The van der Waals surface area contributed by atoms with E-state index in [1.165, 1.54) is 28.8 Å². The molecule has 0 radical (unpaired) electrons. The Kier molecular flexibility index (Phi) is 5.22. The molecule has 1 saturated heterocycles. The molecule has 4 nitrogen and oxygen atoms in total. The molecule has 0 spiro atoms. The highest BCUT2D eigenvalue weighted by Crippen LogP contribution is 2.66. The number of aromatic nitrogens is 2. The minimum absolute atomic E-state index is 0.0729. The van der Waals surface area contributed by atoms with Gasteiger partial charge in [0.05, 0.1) is 17.4 Å². The third kappa shape index (κ3) is 3.57. The van der Waals surface area contributed by atoms with Crippen LogP contribution in [0.3, 0.4) is 0 Å². The number of fused-ring (bicyclic) bond motifs is 2. The highest BCUT2D eigenvalue weighted by atomic mass is 19.1. The number of halogens is 1. The molecule has 3 unspecified atom stereocenters. The standard InChI is InChI=1S/C33H28FN3O/c1-22-16-31-25(19-35-37(31)27-14-12-26(34)13-15-27)18-28(22)33-21-36(32(38)24-10-6-3-7-11-24)20-30(33)29(33)17-23-8-4-2-5-9-23/h2-16,18-19,29-30H,17,20-21H2,1H3. The van der Waals surface area contributed by atoms with Crippen molar-refractivity contribution < 1.29 is 9.18 Å². The Bertz CT molecular complexity index is 1650. The normalized spacial score (nSPS) is 22.0. The van der Waals surface area contributed by atoms with Gasteiger partial charge in [-0.05, 0) is 90.4 Å². The van der Waals surface area contributed by atoms with Crippen molar-refractivity contribution in [3.05, 3.63) is 131 Å². The molecule has 4 aromatic carbocycles. The summed E-state index contributed by atoms with van der Waals surface area (Å²) in [5.74, 6) is 0.744. The smallest absolute Gasteiger partial charge is 0.253 e. The van der Waals surface area contributed by atoms with Crippen LogP contribution < -0.4 is 0 Å². The van der Waals surface area contributed by atoms with E-state index >= 15 is 0 Å². The summed E-state index contributed by atoms with van der Waals surface area (Å²) in [6, 6.07) is 31.2. The van der Waals surface area contributed by atoms with Crippen LogP contribution in [-0.4, -0.2) is 33.7 Å². The van der Waals surface area contributed by atoms with Crippen molar-refractivity contribution in [2.75, 3.05) is 13.1 Å². The molecule has 5 heteroatoms. The van der Waals surface area contributed by atoms with Gasteiger partial charge in [0.2, 0.25) is 0 Å². The first-order chi connectivity index (χ1) is 18.5. The van der Waals surface area contributed by atoms with E-state index in [0.717, 1.165) is 41.7 Å². The summed E-state index contributed by atoms with van der Waals surface area (Å²) in [7, 11) is 0. The molecule has 2 aliphatic rings. The van der Waals surface area contributed by atoms with Crippen molar-refractivity contribution >= 4 is 16.8 Å². The molecule has 1 aliphatic heterocycles. The molecule has 1 aromatic heterocycles. The van der Waals surface area contributed by atoms with Crippen LogP contribution >= 0.6 is 0 Å². The summed E-state index contributed by atoms with van der Waals surface area (Å²) in [5.41, 5.74) is 6.37. The van der Waals surface area contributed by atoms with Gasteiger partial charge in [-0.25, -0.2) is 9.07 Å². The van der Waals surface area contributed by atoms with Crippen LogP contribution in [0.2, 0.25) is 0 Å². The van der Waals surface area contributed by atoms with E-state index in [4.69, 9.17) is 0 Å². The van der Waals surface area contributed by atoms with Gasteiger partial charge in [0, 0.05) is 29.5 Å². The van der Waals surface area contributed by atoms with Gasteiger partial charge in [-0.1, -0.05) is 48.5 Å². The molecule has 0 N–H and O–H groups in total. The summed E-state index contributed by atoms with van der Waals surface area (Å²) >= 11 is 0. The minimum atomic E-state index is -0.261. The third-order valence-electron chi connectivity index (χ3n) is 8.66. The fourth-order valence-corrected chi connectivity index (χ4v) is 6.81. The first kappa shape index (κ1) is 22.9. The Morgan fingerprint density at radius 2 is 1.68 bits per heavy atom. The quantitative estimate of drug-likeness (QED) is 0.281. The molecule has 2 fully saturated rings. The average Bonchev–Trinajstić information content (AvgIpc) is 3.25. The van der Waals surface area contributed by atoms with Gasteiger partial charge < -0.3 is 4.90 Å². The maximum absolute atomic E-state index is 13.5. The number of carbonyl (C=O) groups is 1. The lowest BCUT2D eigenvalue weighted by atomic mass is 9.86. The van der Waals surface area contributed by atoms with E-state index in [2.05, 4.69) is 54.5 Å². The van der Waals surface area contributed by atoms with Crippen molar-refractivity contribution in [3.8, 4) is 5.69 Å². The van der Waals surface area contributed by atoms with Crippen molar-refractivity contribution in [1.82, 2.24) is 14.7 Å². The molecule has 5 aromatic rings. The predicted molar refractivity (Wildman–Crippen MR) is 147 cm³/mol. The number of carbonyl (C=O) groups excluding carboxylic acids is 1. The van der Waals surface area contributed by atoms with Crippen molar-refractivity contribution in [1.29, 1.82) is 0 Å². The van der Waals surface area contributed by atoms with E-state index in [-0.39, 0.29) is 17.1 Å². The molecular formula is C33H28FN3O. The third-order valence-corrected chi connectivity index (χ3v) is 8.66. The monoisotopic (exact) mass is 501 g/mol. The van der Waals surface area contributed by atoms with Crippen LogP contribution in [0.15, 0.2) is 103 Å². The molecule has 7 rings (SSSR count). The van der Waals surface area contributed by atoms with Gasteiger partial charge in [0.25, 0.3) is 5.91 Å². The summed E-state index contributed by atoms with van der Waals surface area (Å²) < 4.78 is 15.4. The van der Waals surface area contributed by atoms with Crippen molar-refractivity contribution in [2.45, 2.75) is 18.8 Å². The maximum Gasteiger partial charge on any atom is 0.253 e. The second-order valence-electron chi connectivity index (χ2n) is 10.8. The van der Waals surface area contributed by atoms with Crippen LogP contribution in [0.1, 0.15) is 27.0 Å². The van der Waals surface area contributed by atoms with E-state index in [1.54, 1.807) is 12.1 Å². The number of benzene rings is 4. The first-order valence-electron chi connectivity index (χ1n) is 13.2. The lowest BCUT2D eigenvalue weighted by Gasteiger charge is -2.26. The van der Waals surface area contributed by atoms with Crippen LogP contribution in [0.4, 0.5) is 4.39 Å². The van der Waals surface area contributed by atoms with Crippen molar-refractivity contribution in [2.24, 2.45) is 11.8 Å². The lowest BCUT2D eigenvalue weighted by Crippen LogP contribution is -2.35. The van der Waals surface area contributed by atoms with Crippen molar-refractivity contribution in [3.63, 3.8) is 0 Å². The summed E-state index contributed by atoms with van der Waals surface area (Å²) in [6.07, 6.45) is 2.90. The first-order valence-corrected chi connectivity index (χ1v) is 13.2. The van der Waals surface area contributed by atoms with Gasteiger partial charge in [0.15, 0.2) is 0 Å². The number of nitrogens with zero attached hydrogens (tertiary/aromatic N) is 3. The highest BCUT2D eigenvalue weighted by molar-refractivity contribution is 5.95. The van der Waals surface area contributed by atoms with E-state index in [1.807, 2.05) is 46.1 Å². The predicted octanol–water partition coefficient (Wildman–Crippen LogP) is 6.36. The molecule has 2 heterocycles. The minimum Gasteiger partial charge on any atom is -0.337 e. The molecule has 1 amide bonds. The fourth-order valence-electron chi connectivity index (χ4n) is 6.81. The Morgan fingerprint density at radius 1 is 0.974 bits per heavy atom. The number of hydrogen-bond acceptors (Lipinski definition) is 2. The number of piperidine rings is 1. The lowest BCUT2D eigenvalue weighted by molar-refractivity contribution is 0.0763. The van der Waals surface area contributed by atoms with Gasteiger partial charge in [-0.2, -0.15) is 5.10 Å². The summed E-state index contributed by atoms with van der Waals surface area (Å²) in [5, 5.41) is 5.70. The Hall–Kier alpha value is -4.25. The second kappa shape index (κ2) is 8.66. The van der Waals surface area contributed by atoms with E-state index in [0.29, 0.717) is 11.8 Å². The molecule has 3 atom stereocenters. The maximum atomic E-state index is 13.5. The Labute approximate surface area is 221 Å². The zero-order valence-corrected chi connectivity index (χ0v) is 21.2. The zero-order chi connectivity index (χ0) is 25.9. The molecular weight excluding hydrogens is 473 g/mol. The Balaban J connectivity index is 1.28. The van der Waals surface area contributed by atoms with Crippen LogP contribution in [-0.2, 0) is 11.8 Å². The van der Waals surface area contributed by atoms with Gasteiger partial charge in [-0.15, -0.1) is 0 Å². The van der Waals surface area contributed by atoms with Crippen LogP contribution in [0, 0.1) is 24.6 Å². The SMILES string of the molecule is Cc1cc2c(cnn2-c2ccc(F)cc2)cc1C12CN(C(=O)c3ccccc3)CC1C2Cc1ccccc1. The number of amides is 1. The fraction of sp³-hybridized carbons (Fsp3) is 0.212. The molecule has 0 bridgehead atoms. The number of likely N-dealkylation sites (tertiary alicyclic amines) is 1. The molecule has 1 saturated carbocycles. The second-order valence-corrected chi connectivity index (χ2v) is 10.8. The van der Waals surface area contributed by atoms with Crippen LogP contribution in [0.5, 0.6) is 0 Å². The average molecular weight is 502 g/mol. The Morgan fingerprint density at radius 3 is 2.42 bits per heavy atom.